The highest BCUT2D eigenvalue weighted by Gasteiger charge is 2.26. The van der Waals surface area contributed by atoms with E-state index in [-0.39, 0.29) is 17.6 Å². The van der Waals surface area contributed by atoms with Gasteiger partial charge in [-0.15, -0.1) is 23.1 Å². The van der Waals surface area contributed by atoms with Crippen LogP contribution < -0.4 is 5.32 Å². The largest absolute Gasteiger partial charge is 0.465 e. The molecule has 1 aromatic carbocycles. The molecular formula is C19H20ClNO3S2. The molecule has 1 heterocycles. The molecule has 1 N–H and O–H groups in total. The molecular weight excluding hydrogens is 390 g/mol. The van der Waals surface area contributed by atoms with Crippen molar-refractivity contribution in [3.05, 3.63) is 45.3 Å². The molecule has 1 aliphatic carbocycles. The smallest absolute Gasteiger partial charge is 0.341 e. The van der Waals surface area contributed by atoms with Crippen LogP contribution in [0.2, 0.25) is 5.02 Å². The Hall–Kier alpha value is -1.50. The minimum Gasteiger partial charge on any atom is -0.465 e. The van der Waals surface area contributed by atoms with Gasteiger partial charge in [0.1, 0.15) is 5.00 Å². The molecule has 0 atom stereocenters. The molecule has 0 spiro atoms. The Balaban J connectivity index is 1.75. The molecule has 0 aliphatic heterocycles. The summed E-state index contributed by atoms with van der Waals surface area (Å²) in [5.74, 6) is -0.303. The molecule has 3 rings (SSSR count). The zero-order chi connectivity index (χ0) is 18.5. The molecule has 4 nitrogen and oxygen atoms in total. The summed E-state index contributed by atoms with van der Waals surface area (Å²) < 4.78 is 4.96. The van der Waals surface area contributed by atoms with Gasteiger partial charge in [0.15, 0.2) is 0 Å². The third-order valence-electron chi connectivity index (χ3n) is 4.26. The van der Waals surface area contributed by atoms with E-state index in [1.165, 1.54) is 35.1 Å². The normalized spacial score (nSPS) is 13.6. The lowest BCUT2D eigenvalue weighted by Gasteiger charge is -2.08. The minimum absolute atomic E-state index is 0.156. The van der Waals surface area contributed by atoms with Crippen LogP contribution in [0, 0.1) is 0 Å². The second-order valence-electron chi connectivity index (χ2n) is 6.03. The van der Waals surface area contributed by atoms with Crippen LogP contribution in [-0.2, 0) is 22.4 Å². The first kappa shape index (κ1) is 19.3. The molecule has 0 saturated carbocycles. The first-order chi connectivity index (χ1) is 12.6. The van der Waals surface area contributed by atoms with Gasteiger partial charge in [-0.3, -0.25) is 4.79 Å². The van der Waals surface area contributed by atoms with Gasteiger partial charge in [0.25, 0.3) is 0 Å². The van der Waals surface area contributed by atoms with Gasteiger partial charge in [-0.05, 0) is 43.4 Å². The van der Waals surface area contributed by atoms with Crippen LogP contribution in [0.1, 0.15) is 40.1 Å². The highest BCUT2D eigenvalue weighted by molar-refractivity contribution is 8.00. The number of aryl methyl sites for hydroxylation is 1. The third kappa shape index (κ3) is 4.42. The van der Waals surface area contributed by atoms with Crippen LogP contribution in [0.5, 0.6) is 0 Å². The zero-order valence-corrected chi connectivity index (χ0v) is 16.9. The van der Waals surface area contributed by atoms with Crippen molar-refractivity contribution in [3.8, 4) is 0 Å². The Labute approximate surface area is 166 Å². The van der Waals surface area contributed by atoms with E-state index in [4.69, 9.17) is 16.3 Å². The fraction of sp³-hybridized carbons (Fsp3) is 0.368. The van der Waals surface area contributed by atoms with Crippen molar-refractivity contribution in [2.24, 2.45) is 0 Å². The van der Waals surface area contributed by atoms with E-state index >= 15 is 0 Å². The quantitative estimate of drug-likeness (QED) is 0.419. The Morgan fingerprint density at radius 2 is 2.00 bits per heavy atom. The number of methoxy groups -OCH3 is 1. The molecule has 1 amide bonds. The maximum absolute atomic E-state index is 12.4. The molecule has 7 heteroatoms. The summed E-state index contributed by atoms with van der Waals surface area (Å²) in [4.78, 5) is 26.8. The number of esters is 1. The Kier molecular flexibility index (Phi) is 6.62. The van der Waals surface area contributed by atoms with Gasteiger partial charge in [-0.25, -0.2) is 4.79 Å². The molecule has 26 heavy (non-hydrogen) atoms. The Bertz CT molecular complexity index is 819. The lowest BCUT2D eigenvalue weighted by molar-refractivity contribution is -0.113. The number of nitrogens with one attached hydrogen (secondary N) is 1. The summed E-state index contributed by atoms with van der Waals surface area (Å²) in [7, 11) is 1.38. The van der Waals surface area contributed by atoms with Crippen molar-refractivity contribution in [2.45, 2.75) is 37.0 Å². The number of hydrogen-bond donors (Lipinski definition) is 1. The summed E-state index contributed by atoms with van der Waals surface area (Å²) >= 11 is 9.01. The maximum atomic E-state index is 12.4. The number of benzene rings is 1. The van der Waals surface area contributed by atoms with E-state index in [9.17, 15) is 9.59 Å². The minimum atomic E-state index is -0.376. The number of fused-ring (bicyclic) bond motifs is 1. The number of carbonyl (C=O) groups is 2. The summed E-state index contributed by atoms with van der Waals surface area (Å²) in [6.45, 7) is 0. The van der Waals surface area contributed by atoms with Crippen molar-refractivity contribution in [1.29, 1.82) is 0 Å². The zero-order valence-electron chi connectivity index (χ0n) is 14.5. The number of hydrogen-bond acceptors (Lipinski definition) is 5. The van der Waals surface area contributed by atoms with E-state index in [0.717, 1.165) is 42.6 Å². The van der Waals surface area contributed by atoms with Crippen molar-refractivity contribution in [1.82, 2.24) is 0 Å². The molecule has 138 valence electrons. The van der Waals surface area contributed by atoms with Gasteiger partial charge in [-0.1, -0.05) is 30.2 Å². The van der Waals surface area contributed by atoms with Crippen LogP contribution in [-0.4, -0.2) is 24.7 Å². The van der Waals surface area contributed by atoms with Crippen molar-refractivity contribution >= 4 is 51.6 Å². The van der Waals surface area contributed by atoms with Gasteiger partial charge >= 0.3 is 5.97 Å². The maximum Gasteiger partial charge on any atom is 0.341 e. The molecule has 0 bridgehead atoms. The lowest BCUT2D eigenvalue weighted by atomic mass is 10.1. The van der Waals surface area contributed by atoms with E-state index in [2.05, 4.69) is 5.32 Å². The summed E-state index contributed by atoms with van der Waals surface area (Å²) in [6.07, 6.45) is 5.15. The van der Waals surface area contributed by atoms with Gasteiger partial charge in [0.05, 0.1) is 23.4 Å². The lowest BCUT2D eigenvalue weighted by Crippen LogP contribution is -2.16. The van der Waals surface area contributed by atoms with Crippen LogP contribution >= 0.6 is 34.7 Å². The van der Waals surface area contributed by atoms with Gasteiger partial charge < -0.3 is 10.1 Å². The number of halogens is 1. The highest BCUT2D eigenvalue weighted by atomic mass is 35.5. The SMILES string of the molecule is COC(=O)c1c(NC(=O)CSc2ccccc2Cl)sc2c1CCCCC2. The predicted molar refractivity (Wildman–Crippen MR) is 108 cm³/mol. The van der Waals surface area contributed by atoms with Gasteiger partial charge in [-0.2, -0.15) is 0 Å². The fourth-order valence-corrected chi connectivity index (χ4v) is 5.35. The number of anilines is 1. The first-order valence-electron chi connectivity index (χ1n) is 8.50. The second kappa shape index (κ2) is 8.93. The number of thioether (sulfide) groups is 1. The predicted octanol–water partition coefficient (Wildman–Crippen LogP) is 5.19. The number of ether oxygens (including phenoxy) is 1. The van der Waals surface area contributed by atoms with Crippen molar-refractivity contribution in [3.63, 3.8) is 0 Å². The molecule has 0 saturated heterocycles. The van der Waals surface area contributed by atoms with E-state index in [1.54, 1.807) is 6.07 Å². The molecule has 0 radical (unpaired) electrons. The van der Waals surface area contributed by atoms with E-state index in [0.29, 0.717) is 15.6 Å². The number of thiophene rings is 1. The summed E-state index contributed by atoms with van der Waals surface area (Å²) in [5, 5.41) is 4.14. The van der Waals surface area contributed by atoms with Crippen LogP contribution in [0.25, 0.3) is 0 Å². The van der Waals surface area contributed by atoms with Crippen molar-refractivity contribution in [2.75, 3.05) is 18.2 Å². The van der Waals surface area contributed by atoms with Crippen LogP contribution in [0.15, 0.2) is 29.2 Å². The number of carbonyl (C=O) groups excluding carboxylic acids is 2. The monoisotopic (exact) mass is 409 g/mol. The molecule has 0 fully saturated rings. The summed E-state index contributed by atoms with van der Waals surface area (Å²) in [5.41, 5.74) is 1.58. The average molecular weight is 410 g/mol. The van der Waals surface area contributed by atoms with Crippen LogP contribution in [0.3, 0.4) is 0 Å². The van der Waals surface area contributed by atoms with Gasteiger partial charge in [0, 0.05) is 9.77 Å². The Morgan fingerprint density at radius 1 is 1.23 bits per heavy atom. The molecule has 1 aromatic heterocycles. The molecule has 2 aromatic rings. The fourth-order valence-electron chi connectivity index (χ4n) is 3.02. The van der Waals surface area contributed by atoms with Gasteiger partial charge in [0.2, 0.25) is 5.91 Å². The second-order valence-corrected chi connectivity index (χ2v) is 8.56. The van der Waals surface area contributed by atoms with Crippen LogP contribution in [0.4, 0.5) is 5.00 Å². The first-order valence-corrected chi connectivity index (χ1v) is 10.7. The Morgan fingerprint density at radius 3 is 2.77 bits per heavy atom. The highest BCUT2D eigenvalue weighted by Crippen LogP contribution is 2.38. The molecule has 1 aliphatic rings. The number of amides is 1. The molecule has 0 unspecified atom stereocenters. The third-order valence-corrected chi connectivity index (χ3v) is 6.98. The average Bonchev–Trinajstić information content (AvgIpc) is 2.81. The van der Waals surface area contributed by atoms with E-state index in [1.807, 2.05) is 18.2 Å². The summed E-state index contributed by atoms with van der Waals surface area (Å²) in [6, 6.07) is 7.42. The van der Waals surface area contributed by atoms with Crippen molar-refractivity contribution < 1.29 is 14.3 Å². The number of rotatable bonds is 5. The topological polar surface area (TPSA) is 55.4 Å². The van der Waals surface area contributed by atoms with E-state index < -0.39 is 0 Å². The standard InChI is InChI=1S/C19H20ClNO3S2/c1-24-19(23)17-12-7-3-2-4-9-14(12)26-18(17)21-16(22)11-25-15-10-6-5-8-13(15)20/h5-6,8,10H,2-4,7,9,11H2,1H3,(H,21,22).